The number of hydrogen-bond acceptors (Lipinski definition) is 3. The van der Waals surface area contributed by atoms with Crippen LogP contribution in [0.15, 0.2) is 65.9 Å². The summed E-state index contributed by atoms with van der Waals surface area (Å²) in [4.78, 5) is 11.6. The minimum atomic E-state index is 0.549. The smallest absolute Gasteiger partial charge is 0.169 e. The van der Waals surface area contributed by atoms with Gasteiger partial charge >= 0.3 is 0 Å². The second-order valence-electron chi connectivity index (χ2n) is 5.94. The van der Waals surface area contributed by atoms with Crippen LogP contribution >= 0.6 is 11.8 Å². The molecule has 4 heteroatoms. The fraction of sp³-hybridized carbons (Fsp3) is 0.158. The minimum absolute atomic E-state index is 0.549. The van der Waals surface area contributed by atoms with Gasteiger partial charge in [0.15, 0.2) is 5.17 Å². The first kappa shape index (κ1) is 13.1. The second-order valence-corrected chi connectivity index (χ2v) is 6.92. The third kappa shape index (κ3) is 2.05. The first-order valence-electron chi connectivity index (χ1n) is 7.81. The molecule has 23 heavy (non-hydrogen) atoms. The molecule has 3 aromatic rings. The lowest BCUT2D eigenvalue weighted by atomic mass is 10.1. The number of rotatable bonds is 1. The van der Waals surface area contributed by atoms with Crippen molar-refractivity contribution in [1.29, 1.82) is 0 Å². The van der Waals surface area contributed by atoms with Gasteiger partial charge in [-0.2, -0.15) is 0 Å². The van der Waals surface area contributed by atoms with Gasteiger partial charge < -0.3 is 4.90 Å². The van der Waals surface area contributed by atoms with Crippen molar-refractivity contribution in [2.45, 2.75) is 12.5 Å². The molecule has 1 aromatic heterocycles. The summed E-state index contributed by atoms with van der Waals surface area (Å²) in [5.74, 6) is 1.11. The average Bonchev–Trinajstić information content (AvgIpc) is 3.15. The van der Waals surface area contributed by atoms with Crippen LogP contribution in [0.2, 0.25) is 0 Å². The lowest BCUT2D eigenvalue weighted by Gasteiger charge is -2.18. The van der Waals surface area contributed by atoms with Crippen molar-refractivity contribution in [3.63, 3.8) is 0 Å². The molecule has 0 amide bonds. The zero-order chi connectivity index (χ0) is 15.2. The first-order chi connectivity index (χ1) is 11.4. The maximum Gasteiger partial charge on any atom is 0.169 e. The summed E-state index contributed by atoms with van der Waals surface area (Å²) in [6, 6.07) is 17.5. The first-order valence-corrected chi connectivity index (χ1v) is 8.80. The number of amidine groups is 1. The maximum atomic E-state index is 5.01. The molecule has 2 aliphatic rings. The molecular weight excluding hydrogens is 302 g/mol. The summed E-state index contributed by atoms with van der Waals surface area (Å²) >= 11 is 1.86. The Balaban J connectivity index is 1.63. The molecule has 3 nitrogen and oxygen atoms in total. The van der Waals surface area contributed by atoms with Crippen molar-refractivity contribution >= 4 is 39.1 Å². The molecule has 1 atom stereocenters. The maximum absolute atomic E-state index is 5.01. The predicted molar refractivity (Wildman–Crippen MR) is 97.7 cm³/mol. The Bertz CT molecular complexity index is 929. The number of benzene rings is 2. The number of hydrogen-bond donors (Lipinski definition) is 0. The van der Waals surface area contributed by atoms with Crippen LogP contribution in [0, 0.1) is 0 Å². The van der Waals surface area contributed by atoms with E-state index in [9.17, 15) is 0 Å². The van der Waals surface area contributed by atoms with Crippen molar-refractivity contribution in [2.75, 3.05) is 10.7 Å². The number of para-hydroxylation sites is 1. The molecule has 0 N–H and O–H groups in total. The van der Waals surface area contributed by atoms with Crippen molar-refractivity contribution in [1.82, 2.24) is 4.98 Å². The number of fused-ring (bicyclic) bond motifs is 4. The molecule has 112 valence electrons. The van der Waals surface area contributed by atoms with Crippen molar-refractivity contribution in [3.05, 3.63) is 66.5 Å². The fourth-order valence-electron chi connectivity index (χ4n) is 3.49. The van der Waals surface area contributed by atoms with E-state index in [4.69, 9.17) is 4.99 Å². The summed E-state index contributed by atoms with van der Waals surface area (Å²) in [7, 11) is 0. The fourth-order valence-corrected chi connectivity index (χ4v) is 4.64. The quantitative estimate of drug-likeness (QED) is 0.666. The van der Waals surface area contributed by atoms with Crippen LogP contribution in [0.3, 0.4) is 0 Å². The third-order valence-electron chi connectivity index (χ3n) is 4.56. The standard InChI is InChI=1S/C19H15N3S/c1-2-7-18-13(4-1)10-15-12-23-19(22(15)18)21-17-6-3-5-14-11-20-9-8-16(14)17/h1-9,11,15H,10,12H2/t15-/m0/s1. The molecule has 1 fully saturated rings. The van der Waals surface area contributed by atoms with E-state index in [1.54, 1.807) is 0 Å². The number of aliphatic imine (C=N–C) groups is 1. The van der Waals surface area contributed by atoms with Crippen molar-refractivity contribution < 1.29 is 0 Å². The topological polar surface area (TPSA) is 28.5 Å². The average molecular weight is 317 g/mol. The summed E-state index contributed by atoms with van der Waals surface area (Å²) < 4.78 is 0. The zero-order valence-corrected chi connectivity index (χ0v) is 13.3. The molecule has 0 aliphatic carbocycles. The summed E-state index contributed by atoms with van der Waals surface area (Å²) in [5, 5.41) is 3.41. The highest BCUT2D eigenvalue weighted by atomic mass is 32.2. The van der Waals surface area contributed by atoms with Crippen LogP contribution in [-0.2, 0) is 6.42 Å². The van der Waals surface area contributed by atoms with E-state index in [0.717, 1.165) is 33.8 Å². The van der Waals surface area contributed by atoms with Crippen molar-refractivity contribution in [3.8, 4) is 0 Å². The van der Waals surface area contributed by atoms with Crippen LogP contribution in [0.1, 0.15) is 5.56 Å². The van der Waals surface area contributed by atoms with Gasteiger partial charge in [-0.15, -0.1) is 0 Å². The molecule has 2 aliphatic heterocycles. The highest BCUT2D eigenvalue weighted by molar-refractivity contribution is 8.14. The summed E-state index contributed by atoms with van der Waals surface area (Å²) in [5.41, 5.74) is 3.79. The molecule has 3 heterocycles. The SMILES string of the molecule is c1ccc2c(c1)C[C@H]1CSC(=Nc3cccc4cnccc34)N21. The second kappa shape index (κ2) is 5.10. The molecule has 2 aromatic carbocycles. The summed E-state index contributed by atoms with van der Waals surface area (Å²) in [6.07, 6.45) is 4.86. The van der Waals surface area contributed by atoms with Crippen LogP contribution in [0.25, 0.3) is 10.8 Å². The zero-order valence-electron chi connectivity index (χ0n) is 12.5. The Morgan fingerprint density at radius 2 is 2.04 bits per heavy atom. The predicted octanol–water partition coefficient (Wildman–Crippen LogP) is 4.40. The highest BCUT2D eigenvalue weighted by Crippen LogP contribution is 2.41. The number of thioether (sulfide) groups is 1. The van der Waals surface area contributed by atoms with Gasteiger partial charge in [0.05, 0.1) is 5.69 Å². The lowest BCUT2D eigenvalue weighted by molar-refractivity contribution is 0.801. The number of aromatic nitrogens is 1. The van der Waals surface area contributed by atoms with Gasteiger partial charge in [0, 0.05) is 40.6 Å². The molecule has 5 rings (SSSR count). The van der Waals surface area contributed by atoms with Crippen LogP contribution < -0.4 is 4.90 Å². The molecule has 0 radical (unpaired) electrons. The van der Waals surface area contributed by atoms with Gasteiger partial charge in [-0.25, -0.2) is 4.99 Å². The van der Waals surface area contributed by atoms with E-state index in [-0.39, 0.29) is 0 Å². The highest BCUT2D eigenvalue weighted by Gasteiger charge is 2.37. The van der Waals surface area contributed by atoms with E-state index in [1.165, 1.54) is 11.3 Å². The van der Waals surface area contributed by atoms with E-state index in [2.05, 4.69) is 52.3 Å². The van der Waals surface area contributed by atoms with Gasteiger partial charge in [-0.1, -0.05) is 42.1 Å². The Morgan fingerprint density at radius 3 is 3.04 bits per heavy atom. The number of pyridine rings is 1. The van der Waals surface area contributed by atoms with Gasteiger partial charge in [0.2, 0.25) is 0 Å². The van der Waals surface area contributed by atoms with Gasteiger partial charge in [0.1, 0.15) is 0 Å². The lowest BCUT2D eigenvalue weighted by Crippen LogP contribution is -2.29. The molecule has 0 spiro atoms. The Hall–Kier alpha value is -2.33. The molecule has 0 bridgehead atoms. The van der Waals surface area contributed by atoms with E-state index < -0.39 is 0 Å². The monoisotopic (exact) mass is 317 g/mol. The Kier molecular flexibility index (Phi) is 2.91. The van der Waals surface area contributed by atoms with Crippen molar-refractivity contribution in [2.24, 2.45) is 4.99 Å². The van der Waals surface area contributed by atoms with Crippen LogP contribution in [0.5, 0.6) is 0 Å². The molecule has 1 saturated heterocycles. The van der Waals surface area contributed by atoms with Gasteiger partial charge in [0.25, 0.3) is 0 Å². The Morgan fingerprint density at radius 1 is 1.09 bits per heavy atom. The Labute approximate surface area is 139 Å². The largest absolute Gasteiger partial charge is 0.316 e. The molecule has 0 unspecified atom stereocenters. The van der Waals surface area contributed by atoms with Gasteiger partial charge in [-0.05, 0) is 30.2 Å². The third-order valence-corrected chi connectivity index (χ3v) is 5.65. The minimum Gasteiger partial charge on any atom is -0.316 e. The number of anilines is 1. The summed E-state index contributed by atoms with van der Waals surface area (Å²) in [6.45, 7) is 0. The normalized spacial score (nSPS) is 21.0. The van der Waals surface area contributed by atoms with Crippen LogP contribution in [-0.4, -0.2) is 21.9 Å². The van der Waals surface area contributed by atoms with E-state index >= 15 is 0 Å². The molecular formula is C19H15N3S. The van der Waals surface area contributed by atoms with E-state index in [1.807, 2.05) is 30.2 Å². The molecule has 0 saturated carbocycles. The number of nitrogens with zero attached hydrogens (tertiary/aromatic N) is 3. The van der Waals surface area contributed by atoms with Crippen LogP contribution in [0.4, 0.5) is 11.4 Å². The van der Waals surface area contributed by atoms with E-state index in [0.29, 0.717) is 6.04 Å². The van der Waals surface area contributed by atoms with Gasteiger partial charge in [-0.3, -0.25) is 4.98 Å².